The molecule has 0 aliphatic rings. The number of nitrogens with zero attached hydrogens (tertiary/aromatic N) is 1. The maximum Gasteiger partial charge on any atom is 0.293 e. The summed E-state index contributed by atoms with van der Waals surface area (Å²) in [4.78, 5) is 23.3. The van der Waals surface area contributed by atoms with Gasteiger partial charge < -0.3 is 9.64 Å². The molecule has 92 valence electrons. The Morgan fingerprint density at radius 3 is 2.47 bits per heavy atom. The van der Waals surface area contributed by atoms with E-state index in [9.17, 15) is 14.0 Å². The van der Waals surface area contributed by atoms with E-state index < -0.39 is 0 Å². The Kier molecular flexibility index (Phi) is 4.63. The summed E-state index contributed by atoms with van der Waals surface area (Å²) in [5.41, 5.74) is 0.570. The number of anilines is 1. The van der Waals surface area contributed by atoms with E-state index in [-0.39, 0.29) is 30.8 Å². The number of benzene rings is 1. The lowest BCUT2D eigenvalue weighted by molar-refractivity contribution is -0.136. The summed E-state index contributed by atoms with van der Waals surface area (Å²) < 4.78 is 17.2. The Hall–Kier alpha value is -1.91. The monoisotopic (exact) mass is 239 g/mol. The van der Waals surface area contributed by atoms with Crippen LogP contribution in [0.15, 0.2) is 24.3 Å². The first-order valence-corrected chi connectivity index (χ1v) is 5.19. The Morgan fingerprint density at radius 2 is 2.00 bits per heavy atom. The predicted octanol–water partition coefficient (Wildman–Crippen LogP) is 1.74. The van der Waals surface area contributed by atoms with Gasteiger partial charge in [-0.3, -0.25) is 9.59 Å². The quantitative estimate of drug-likeness (QED) is 0.735. The van der Waals surface area contributed by atoms with Crippen molar-refractivity contribution < 1.29 is 18.7 Å². The second-order valence-electron chi connectivity index (χ2n) is 3.74. The third-order valence-electron chi connectivity index (χ3n) is 2.16. The van der Waals surface area contributed by atoms with E-state index in [4.69, 9.17) is 0 Å². The number of halogens is 1. The maximum atomic E-state index is 12.8. The fourth-order valence-electron chi connectivity index (χ4n) is 1.51. The average Bonchev–Trinajstić information content (AvgIpc) is 2.29. The second-order valence-corrected chi connectivity index (χ2v) is 3.74. The number of rotatable bonds is 5. The van der Waals surface area contributed by atoms with E-state index in [1.165, 1.54) is 29.2 Å². The number of hydrogen-bond acceptors (Lipinski definition) is 3. The summed E-state index contributed by atoms with van der Waals surface area (Å²) >= 11 is 0. The fourth-order valence-corrected chi connectivity index (χ4v) is 1.51. The molecule has 0 atom stereocenters. The highest BCUT2D eigenvalue weighted by molar-refractivity contribution is 5.95. The minimum atomic E-state index is -0.367. The Bertz CT molecular complexity index is 389. The van der Waals surface area contributed by atoms with Gasteiger partial charge in [0.2, 0.25) is 0 Å². The molecule has 1 amide bonds. The van der Waals surface area contributed by atoms with E-state index >= 15 is 0 Å². The van der Waals surface area contributed by atoms with Gasteiger partial charge in [-0.2, -0.15) is 0 Å². The Balaban J connectivity index is 2.89. The van der Waals surface area contributed by atoms with Gasteiger partial charge in [0, 0.05) is 11.7 Å². The van der Waals surface area contributed by atoms with Crippen molar-refractivity contribution >= 4 is 18.1 Å². The van der Waals surface area contributed by atoms with E-state index in [0.29, 0.717) is 5.69 Å². The second kappa shape index (κ2) is 5.98. The molecule has 0 aromatic heterocycles. The van der Waals surface area contributed by atoms with Gasteiger partial charge in [-0.15, -0.1) is 0 Å². The molecule has 0 bridgehead atoms. The largest absolute Gasteiger partial charge is 0.458 e. The highest BCUT2D eigenvalue weighted by Crippen LogP contribution is 2.17. The molecule has 0 aliphatic heterocycles. The van der Waals surface area contributed by atoms with Gasteiger partial charge in [-0.05, 0) is 38.1 Å². The zero-order valence-corrected chi connectivity index (χ0v) is 9.72. The first kappa shape index (κ1) is 13.2. The van der Waals surface area contributed by atoms with Gasteiger partial charge in [0.1, 0.15) is 5.82 Å². The molecule has 0 heterocycles. The van der Waals surface area contributed by atoms with Gasteiger partial charge >= 0.3 is 0 Å². The van der Waals surface area contributed by atoms with E-state index in [1.54, 1.807) is 0 Å². The average molecular weight is 239 g/mol. The van der Waals surface area contributed by atoms with Crippen molar-refractivity contribution in [2.24, 2.45) is 0 Å². The Morgan fingerprint density at radius 1 is 1.41 bits per heavy atom. The van der Waals surface area contributed by atoms with Crippen LogP contribution in [0.5, 0.6) is 0 Å². The highest BCUT2D eigenvalue weighted by Gasteiger charge is 2.19. The standard InChI is InChI=1S/C12H14FNO3/c1-9(2)14(12(16)7-17-8-15)11-5-3-10(13)4-6-11/h3-6,8-9H,7H2,1-2H3. The van der Waals surface area contributed by atoms with Gasteiger partial charge in [0.15, 0.2) is 6.61 Å². The van der Waals surface area contributed by atoms with Crippen LogP contribution in [0, 0.1) is 5.82 Å². The van der Waals surface area contributed by atoms with Gasteiger partial charge in [-0.25, -0.2) is 4.39 Å². The van der Waals surface area contributed by atoms with Crippen molar-refractivity contribution in [2.45, 2.75) is 19.9 Å². The minimum Gasteiger partial charge on any atom is -0.458 e. The first-order valence-electron chi connectivity index (χ1n) is 5.19. The third-order valence-corrected chi connectivity index (χ3v) is 2.16. The molecule has 0 fully saturated rings. The van der Waals surface area contributed by atoms with Crippen LogP contribution in [0.1, 0.15) is 13.8 Å². The SMILES string of the molecule is CC(C)N(C(=O)COC=O)c1ccc(F)cc1. The predicted molar refractivity (Wildman–Crippen MR) is 61.0 cm³/mol. The van der Waals surface area contributed by atoms with E-state index in [1.807, 2.05) is 13.8 Å². The van der Waals surface area contributed by atoms with Gasteiger partial charge in [0.25, 0.3) is 12.4 Å². The van der Waals surface area contributed by atoms with Crippen molar-refractivity contribution in [1.29, 1.82) is 0 Å². The highest BCUT2D eigenvalue weighted by atomic mass is 19.1. The summed E-state index contributed by atoms with van der Waals surface area (Å²) in [5, 5.41) is 0. The number of hydrogen-bond donors (Lipinski definition) is 0. The molecule has 5 heteroatoms. The molecule has 1 aromatic carbocycles. The van der Waals surface area contributed by atoms with Crippen LogP contribution in [0.3, 0.4) is 0 Å². The van der Waals surface area contributed by atoms with Crippen molar-refractivity contribution in [3.05, 3.63) is 30.1 Å². The lowest BCUT2D eigenvalue weighted by atomic mass is 10.2. The molecule has 0 saturated carbocycles. The molecular formula is C12H14FNO3. The first-order chi connectivity index (χ1) is 8.06. The third kappa shape index (κ3) is 3.55. The molecule has 1 aromatic rings. The normalized spacial score (nSPS) is 10.1. The van der Waals surface area contributed by atoms with Crippen molar-refractivity contribution in [3.63, 3.8) is 0 Å². The molecule has 0 N–H and O–H groups in total. The zero-order valence-electron chi connectivity index (χ0n) is 9.72. The molecule has 17 heavy (non-hydrogen) atoms. The van der Waals surface area contributed by atoms with Gasteiger partial charge in [0.05, 0.1) is 0 Å². The van der Waals surface area contributed by atoms with Crippen molar-refractivity contribution in [3.8, 4) is 0 Å². The topological polar surface area (TPSA) is 46.6 Å². The summed E-state index contributed by atoms with van der Waals surface area (Å²) in [6, 6.07) is 5.46. The lowest BCUT2D eigenvalue weighted by Crippen LogP contribution is -2.39. The number of ether oxygens (including phenoxy) is 1. The van der Waals surface area contributed by atoms with Crippen molar-refractivity contribution in [2.75, 3.05) is 11.5 Å². The van der Waals surface area contributed by atoms with Crippen LogP contribution < -0.4 is 4.90 Å². The van der Waals surface area contributed by atoms with Crippen LogP contribution in [-0.4, -0.2) is 25.0 Å². The number of carbonyl (C=O) groups excluding carboxylic acids is 2. The van der Waals surface area contributed by atoms with Crippen LogP contribution in [0.2, 0.25) is 0 Å². The summed E-state index contributed by atoms with van der Waals surface area (Å²) in [6.07, 6.45) is 0. The zero-order chi connectivity index (χ0) is 12.8. The molecule has 1 rings (SSSR count). The molecule has 0 unspecified atom stereocenters. The van der Waals surface area contributed by atoms with Crippen LogP contribution in [-0.2, 0) is 14.3 Å². The molecule has 0 saturated heterocycles. The number of amides is 1. The van der Waals surface area contributed by atoms with Crippen LogP contribution >= 0.6 is 0 Å². The summed E-state index contributed by atoms with van der Waals surface area (Å²) in [6.45, 7) is 3.55. The molecule has 0 spiro atoms. The van der Waals surface area contributed by atoms with Crippen LogP contribution in [0.25, 0.3) is 0 Å². The molecule has 0 aliphatic carbocycles. The maximum absolute atomic E-state index is 12.8. The van der Waals surface area contributed by atoms with Gasteiger partial charge in [-0.1, -0.05) is 0 Å². The molecule has 4 nitrogen and oxygen atoms in total. The molecular weight excluding hydrogens is 225 g/mol. The Labute approximate surface area is 99.0 Å². The lowest BCUT2D eigenvalue weighted by Gasteiger charge is -2.26. The summed E-state index contributed by atoms with van der Waals surface area (Å²) in [7, 11) is 0. The molecule has 0 radical (unpaired) electrons. The van der Waals surface area contributed by atoms with Crippen LogP contribution in [0.4, 0.5) is 10.1 Å². The number of carbonyl (C=O) groups is 2. The van der Waals surface area contributed by atoms with Crippen molar-refractivity contribution in [1.82, 2.24) is 0 Å². The summed E-state index contributed by atoms with van der Waals surface area (Å²) in [5.74, 6) is -0.715. The smallest absolute Gasteiger partial charge is 0.293 e. The minimum absolute atomic E-state index is 0.108. The van der Waals surface area contributed by atoms with E-state index in [0.717, 1.165) is 0 Å². The fraction of sp³-hybridized carbons (Fsp3) is 0.333. The van der Waals surface area contributed by atoms with E-state index in [2.05, 4.69) is 4.74 Å².